The number of aromatic nitrogens is 5. The maximum absolute atomic E-state index is 14.4. The molecule has 0 atom stereocenters. The molecule has 5 aromatic heterocycles. The molecule has 454 valence electrons. The van der Waals surface area contributed by atoms with Crippen molar-refractivity contribution in [2.24, 2.45) is 15.0 Å². The first kappa shape index (κ1) is 58.7. The molecular weight excluding hydrogens is 1190 g/mol. The molecule has 24 nitrogen and oxygen atoms in total. The number of H-pyrrole nitrogens is 1. The van der Waals surface area contributed by atoms with Crippen LogP contribution in [0.2, 0.25) is 5.02 Å². The van der Waals surface area contributed by atoms with Gasteiger partial charge >= 0.3 is 6.03 Å². The lowest BCUT2D eigenvalue weighted by Gasteiger charge is -2.19. The Hall–Kier alpha value is -11.3. The first-order valence-electron chi connectivity index (χ1n) is 28.8. The first-order valence-corrected chi connectivity index (χ1v) is 29.1. The lowest BCUT2D eigenvalue weighted by Crippen LogP contribution is -2.39. The number of aliphatic imine (C=N–C) groups is 3. The summed E-state index contributed by atoms with van der Waals surface area (Å²) in [6.45, 7) is 7.38. The zero-order valence-electron chi connectivity index (χ0n) is 48.5. The van der Waals surface area contributed by atoms with Gasteiger partial charge in [-0.25, -0.2) is 19.1 Å². The Morgan fingerprint density at radius 3 is 1.76 bits per heavy atom. The van der Waals surface area contributed by atoms with Gasteiger partial charge in [0, 0.05) is 98.2 Å². The minimum Gasteiger partial charge on any atom is -0.492 e. The van der Waals surface area contributed by atoms with Crippen molar-refractivity contribution in [2.45, 2.75) is 39.9 Å². The minimum atomic E-state index is -0.792. The molecule has 0 aliphatic carbocycles. The SMILES string of the molecule is Cc1ccc(Cl)c(F)c1N1C(=O)c2cnc3c(c2C1=O)C=NC3.Cc1cccc(OCCN2C(=O)c3cnc4c(c3C2=O)C=NC4)c1.O=C1NCCN1CCN1C(=O)c2cnc3c(c2C1=O)C=NC3.O=C1c2ncc3[nH]ccc3c2C(=O)N1CCc1ccccc1. The Bertz CT molecular complexity index is 4610. The summed E-state index contributed by atoms with van der Waals surface area (Å²) in [7, 11) is 0. The highest BCUT2D eigenvalue weighted by Gasteiger charge is 2.44. The van der Waals surface area contributed by atoms with Crippen LogP contribution in [-0.2, 0) is 26.1 Å². The zero-order valence-corrected chi connectivity index (χ0v) is 49.3. The largest absolute Gasteiger partial charge is 0.492 e. The maximum Gasteiger partial charge on any atom is 0.317 e. The molecule has 16 rings (SSSR count). The summed E-state index contributed by atoms with van der Waals surface area (Å²) in [4.78, 5) is 150. The predicted molar refractivity (Wildman–Crippen MR) is 328 cm³/mol. The normalized spacial score (nSPS) is 15.8. The summed E-state index contributed by atoms with van der Waals surface area (Å²) in [5.41, 5.74) is 9.76. The number of carbonyl (C=O) groups is 9. The Morgan fingerprint density at radius 2 is 1.15 bits per heavy atom. The molecule has 1 fully saturated rings. The fraction of sp³-hybridized carbons (Fsp3) is 0.200. The molecule has 8 aromatic rings. The second kappa shape index (κ2) is 24.0. The number of anilines is 1. The summed E-state index contributed by atoms with van der Waals surface area (Å²) in [5, 5.41) is 3.30. The van der Waals surface area contributed by atoms with Gasteiger partial charge < -0.3 is 19.9 Å². The van der Waals surface area contributed by atoms with Gasteiger partial charge in [-0.2, -0.15) is 0 Å². The van der Waals surface area contributed by atoms with Gasteiger partial charge in [0.2, 0.25) is 0 Å². The molecule has 0 spiro atoms. The molecule has 10 amide bonds. The van der Waals surface area contributed by atoms with Crippen LogP contribution in [0.4, 0.5) is 14.9 Å². The number of aryl methyl sites for hydroxylation is 2. The number of imide groups is 4. The second-order valence-electron chi connectivity index (χ2n) is 21.8. The van der Waals surface area contributed by atoms with Crippen molar-refractivity contribution in [1.29, 1.82) is 0 Å². The van der Waals surface area contributed by atoms with Crippen molar-refractivity contribution in [3.05, 3.63) is 210 Å². The standard InChI is InChI=1S/C18H15N3O3.C17H13N3O2.C16H9ClFN3O2.C14H13N5O3/c1-11-3-2-4-12(7-11)24-6-5-21-17(22)14-9-20-15-10-19-8-13(15)16(14)18(21)23;21-16-14-12-6-8-18-13(12)10-19-15(14)17(22)20(16)9-7-11-4-2-1-3-5-11;1-7-2-3-10(17)13(18)14(7)21-15(22)9-5-20-11-6-19-4-8(11)12(9)16(21)23;20-12-9-6-17-10-7-15-5-8(10)11(9)13(21)19(12)4-3-18-2-1-16-14(18)22/h2-4,7-9H,5-6,10H2,1H3;1-6,8,10,18H,7,9H2;2-5H,6H2,1H3;5-6H,1-4,7H2,(H,16,22). The van der Waals surface area contributed by atoms with Gasteiger partial charge in [0.1, 0.15) is 18.1 Å². The summed E-state index contributed by atoms with van der Waals surface area (Å²) in [5.74, 6) is -3.12. The number of rotatable bonds is 11. The number of urea groups is 1. The summed E-state index contributed by atoms with van der Waals surface area (Å²) < 4.78 is 20.1. The average molecular weight is 1240 g/mol. The van der Waals surface area contributed by atoms with Crippen LogP contribution in [0.25, 0.3) is 10.9 Å². The molecule has 1 saturated heterocycles. The molecule has 0 radical (unpaired) electrons. The van der Waals surface area contributed by atoms with Crippen molar-refractivity contribution in [2.75, 3.05) is 50.8 Å². The van der Waals surface area contributed by atoms with Crippen molar-refractivity contribution in [3.63, 3.8) is 0 Å². The minimum absolute atomic E-state index is 0.118. The van der Waals surface area contributed by atoms with E-state index in [9.17, 15) is 47.5 Å². The molecule has 0 unspecified atom stereocenters. The maximum atomic E-state index is 14.4. The molecule has 2 N–H and O–H groups in total. The van der Waals surface area contributed by atoms with Crippen LogP contribution in [-0.4, -0.2) is 162 Å². The Labute approximate surface area is 521 Å². The fourth-order valence-corrected chi connectivity index (χ4v) is 11.8. The smallest absolute Gasteiger partial charge is 0.317 e. The topological polar surface area (TPSA) is 296 Å². The molecule has 3 aromatic carbocycles. The van der Waals surface area contributed by atoms with Crippen LogP contribution in [0.3, 0.4) is 0 Å². The molecule has 13 heterocycles. The van der Waals surface area contributed by atoms with Gasteiger partial charge in [-0.15, -0.1) is 0 Å². The van der Waals surface area contributed by atoms with Crippen LogP contribution in [0, 0.1) is 19.7 Å². The molecule has 0 saturated carbocycles. The number of ether oxygens (including phenoxy) is 1. The van der Waals surface area contributed by atoms with Crippen LogP contribution in [0.1, 0.15) is 133 Å². The molecule has 91 heavy (non-hydrogen) atoms. The van der Waals surface area contributed by atoms with Crippen LogP contribution < -0.4 is 15.0 Å². The van der Waals surface area contributed by atoms with Crippen LogP contribution in [0.5, 0.6) is 5.75 Å². The number of fused-ring (bicyclic) bond motifs is 12. The first-order chi connectivity index (χ1) is 44.1. The number of hydrogen-bond donors (Lipinski definition) is 2. The van der Waals surface area contributed by atoms with E-state index < -0.39 is 17.6 Å². The van der Waals surface area contributed by atoms with E-state index >= 15 is 0 Å². The van der Waals surface area contributed by atoms with E-state index in [0.717, 1.165) is 44.1 Å². The van der Waals surface area contributed by atoms with Crippen molar-refractivity contribution in [1.82, 2.24) is 49.8 Å². The number of amides is 10. The van der Waals surface area contributed by atoms with E-state index in [2.05, 4.69) is 45.2 Å². The number of benzene rings is 3. The highest BCUT2D eigenvalue weighted by atomic mass is 35.5. The molecular formula is C65H50ClFN14O10. The Balaban J connectivity index is 0.000000111. The number of nitrogens with one attached hydrogen (secondary N) is 2. The Kier molecular flexibility index (Phi) is 15.5. The van der Waals surface area contributed by atoms with Crippen LogP contribution in [0.15, 0.2) is 119 Å². The highest BCUT2D eigenvalue weighted by Crippen LogP contribution is 2.38. The Morgan fingerprint density at radius 1 is 0.571 bits per heavy atom. The lowest BCUT2D eigenvalue weighted by molar-refractivity contribution is 0.0621. The molecule has 8 aliphatic rings. The van der Waals surface area contributed by atoms with Gasteiger partial charge in [-0.1, -0.05) is 60.1 Å². The third-order valence-electron chi connectivity index (χ3n) is 16.3. The third-order valence-corrected chi connectivity index (χ3v) is 16.6. The number of halogens is 2. The average Bonchev–Trinajstić information content (AvgIpc) is 1.64. The van der Waals surface area contributed by atoms with Gasteiger partial charge in [0.05, 0.1) is 105 Å². The second-order valence-corrected chi connectivity index (χ2v) is 22.2. The van der Waals surface area contributed by atoms with E-state index in [1.54, 1.807) is 42.7 Å². The summed E-state index contributed by atoms with van der Waals surface area (Å²) in [6.07, 6.45) is 13.0. The van der Waals surface area contributed by atoms with Crippen molar-refractivity contribution >= 4 is 100 Å². The van der Waals surface area contributed by atoms with Gasteiger partial charge in [0.15, 0.2) is 5.82 Å². The number of nitrogens with zero attached hydrogens (tertiary/aromatic N) is 12. The van der Waals surface area contributed by atoms with E-state index in [1.165, 1.54) is 45.6 Å². The third kappa shape index (κ3) is 10.5. The van der Waals surface area contributed by atoms with E-state index in [-0.39, 0.29) is 88.7 Å². The van der Waals surface area contributed by atoms with Crippen molar-refractivity contribution in [3.8, 4) is 5.75 Å². The number of carbonyl (C=O) groups excluding carboxylic acids is 9. The lowest BCUT2D eigenvalue weighted by atomic mass is 10.0. The predicted octanol–water partition coefficient (Wildman–Crippen LogP) is 6.95. The number of pyridine rings is 4. The highest BCUT2D eigenvalue weighted by molar-refractivity contribution is 6.37. The van der Waals surface area contributed by atoms with Crippen molar-refractivity contribution < 1.29 is 52.3 Å². The van der Waals surface area contributed by atoms with Gasteiger partial charge in [0.25, 0.3) is 47.3 Å². The van der Waals surface area contributed by atoms with E-state index in [1.807, 2.05) is 67.6 Å². The molecule has 8 aliphatic heterocycles. The summed E-state index contributed by atoms with van der Waals surface area (Å²) in [6, 6.07) is 22.1. The number of aromatic amines is 1. The van der Waals surface area contributed by atoms with Crippen LogP contribution >= 0.6 is 11.6 Å². The monoisotopic (exact) mass is 1240 g/mol. The summed E-state index contributed by atoms with van der Waals surface area (Å²) >= 11 is 5.81. The molecule has 0 bridgehead atoms. The zero-order chi connectivity index (χ0) is 63.4. The fourth-order valence-electron chi connectivity index (χ4n) is 11.7. The number of hydrogen-bond acceptors (Lipinski definition) is 17. The van der Waals surface area contributed by atoms with Gasteiger partial charge in [-0.05, 0) is 61.2 Å². The molecule has 26 heteroatoms. The van der Waals surface area contributed by atoms with E-state index in [0.29, 0.717) is 108 Å². The van der Waals surface area contributed by atoms with Gasteiger partial charge in [-0.3, -0.25) is 83.0 Å². The quantitative estimate of drug-likeness (QED) is 0.124. The van der Waals surface area contributed by atoms with E-state index in [4.69, 9.17) is 16.3 Å².